The van der Waals surface area contributed by atoms with Gasteiger partial charge in [0, 0.05) is 23.3 Å². The monoisotopic (exact) mass is 382 g/mol. The molecule has 1 aliphatic heterocycles. The van der Waals surface area contributed by atoms with Crippen molar-refractivity contribution in [1.29, 1.82) is 0 Å². The first kappa shape index (κ1) is 20.1. The van der Waals surface area contributed by atoms with E-state index in [1.807, 2.05) is 53.4 Å². The summed E-state index contributed by atoms with van der Waals surface area (Å²) in [6, 6.07) is 15.8. The quantitative estimate of drug-likeness (QED) is 0.671. The van der Waals surface area contributed by atoms with Crippen LogP contribution in [-0.4, -0.2) is 43.2 Å². The Hall–Kier alpha value is -2.69. The molecule has 0 radical (unpaired) electrons. The summed E-state index contributed by atoms with van der Waals surface area (Å²) in [5.74, 6) is 1.76. The number of rotatable bonds is 7. The second-order valence-corrected chi connectivity index (χ2v) is 7.67. The van der Waals surface area contributed by atoms with Gasteiger partial charge in [0.05, 0.1) is 20.3 Å². The molecule has 2 atom stereocenters. The van der Waals surface area contributed by atoms with Crippen molar-refractivity contribution >= 4 is 11.6 Å². The SMILES string of the molecule is COc1ccc(N2[C@@H](C(=O)N(C(C)C)C(C)C)[C@@H]2c2ccccc2OC)cc1. The molecule has 1 heterocycles. The van der Waals surface area contributed by atoms with Gasteiger partial charge in [-0.15, -0.1) is 0 Å². The van der Waals surface area contributed by atoms with Gasteiger partial charge in [0.15, 0.2) is 0 Å². The Morgan fingerprint density at radius 2 is 1.54 bits per heavy atom. The summed E-state index contributed by atoms with van der Waals surface area (Å²) in [7, 11) is 3.32. The average molecular weight is 383 g/mol. The minimum Gasteiger partial charge on any atom is -0.497 e. The zero-order valence-electron chi connectivity index (χ0n) is 17.5. The van der Waals surface area contributed by atoms with Gasteiger partial charge in [-0.2, -0.15) is 0 Å². The Balaban J connectivity index is 2.00. The molecule has 1 saturated heterocycles. The number of hydrogen-bond donors (Lipinski definition) is 0. The molecule has 0 spiro atoms. The molecule has 0 bridgehead atoms. The van der Waals surface area contributed by atoms with Crippen molar-refractivity contribution in [3.8, 4) is 11.5 Å². The molecule has 1 amide bonds. The lowest BCUT2D eigenvalue weighted by molar-refractivity contribution is -0.134. The molecule has 0 saturated carbocycles. The lowest BCUT2D eigenvalue weighted by atomic mass is 10.1. The second kappa shape index (κ2) is 8.13. The maximum atomic E-state index is 13.5. The zero-order valence-corrected chi connectivity index (χ0v) is 17.5. The molecule has 2 aromatic rings. The summed E-state index contributed by atoms with van der Waals surface area (Å²) in [4.78, 5) is 17.6. The van der Waals surface area contributed by atoms with Crippen molar-refractivity contribution in [2.24, 2.45) is 0 Å². The largest absolute Gasteiger partial charge is 0.497 e. The van der Waals surface area contributed by atoms with Crippen molar-refractivity contribution in [3.63, 3.8) is 0 Å². The Kier molecular flexibility index (Phi) is 5.82. The number of nitrogens with zero attached hydrogens (tertiary/aromatic N) is 2. The molecule has 0 N–H and O–H groups in total. The van der Waals surface area contributed by atoms with Gasteiger partial charge in [-0.25, -0.2) is 0 Å². The third-order valence-corrected chi connectivity index (χ3v) is 5.26. The van der Waals surface area contributed by atoms with Crippen LogP contribution >= 0.6 is 0 Å². The van der Waals surface area contributed by atoms with E-state index in [0.29, 0.717) is 0 Å². The molecule has 150 valence electrons. The van der Waals surface area contributed by atoms with E-state index in [0.717, 1.165) is 22.7 Å². The van der Waals surface area contributed by atoms with Gasteiger partial charge in [0.25, 0.3) is 0 Å². The number of benzene rings is 2. The first-order valence-corrected chi connectivity index (χ1v) is 9.78. The fourth-order valence-corrected chi connectivity index (χ4v) is 4.05. The van der Waals surface area contributed by atoms with E-state index in [4.69, 9.17) is 9.47 Å². The van der Waals surface area contributed by atoms with Gasteiger partial charge in [0.2, 0.25) is 5.91 Å². The highest BCUT2D eigenvalue weighted by molar-refractivity contribution is 5.93. The number of carbonyl (C=O) groups excluding carboxylic acids is 1. The van der Waals surface area contributed by atoms with Crippen LogP contribution in [0.2, 0.25) is 0 Å². The normalized spacial score (nSPS) is 18.4. The summed E-state index contributed by atoms with van der Waals surface area (Å²) in [5.41, 5.74) is 2.04. The van der Waals surface area contributed by atoms with Gasteiger partial charge in [-0.1, -0.05) is 18.2 Å². The molecule has 5 heteroatoms. The summed E-state index contributed by atoms with van der Waals surface area (Å²) in [6.45, 7) is 8.26. The Labute approximate surface area is 167 Å². The second-order valence-electron chi connectivity index (χ2n) is 7.67. The van der Waals surface area contributed by atoms with Crippen LogP contribution in [0, 0.1) is 0 Å². The number of ether oxygens (including phenoxy) is 2. The highest BCUT2D eigenvalue weighted by Crippen LogP contribution is 2.50. The predicted molar refractivity (Wildman–Crippen MR) is 112 cm³/mol. The van der Waals surface area contributed by atoms with Crippen molar-refractivity contribution in [1.82, 2.24) is 4.90 Å². The third kappa shape index (κ3) is 3.66. The molecular weight excluding hydrogens is 352 g/mol. The average Bonchev–Trinajstić information content (AvgIpc) is 3.42. The smallest absolute Gasteiger partial charge is 0.248 e. The number of amides is 1. The van der Waals surface area contributed by atoms with Crippen LogP contribution in [0.5, 0.6) is 11.5 Å². The maximum absolute atomic E-state index is 13.5. The molecule has 2 aromatic carbocycles. The van der Waals surface area contributed by atoms with Crippen LogP contribution in [0.4, 0.5) is 5.69 Å². The van der Waals surface area contributed by atoms with Crippen molar-refractivity contribution in [3.05, 3.63) is 54.1 Å². The van der Waals surface area contributed by atoms with E-state index in [1.165, 1.54) is 0 Å². The summed E-state index contributed by atoms with van der Waals surface area (Å²) >= 11 is 0. The van der Waals surface area contributed by atoms with Crippen molar-refractivity contribution in [2.45, 2.75) is 51.9 Å². The molecule has 0 unspecified atom stereocenters. The summed E-state index contributed by atoms with van der Waals surface area (Å²) < 4.78 is 10.9. The molecule has 1 aliphatic rings. The van der Waals surface area contributed by atoms with E-state index in [2.05, 4.69) is 32.6 Å². The van der Waals surface area contributed by atoms with Crippen molar-refractivity contribution in [2.75, 3.05) is 19.1 Å². The maximum Gasteiger partial charge on any atom is 0.248 e. The van der Waals surface area contributed by atoms with E-state index < -0.39 is 0 Å². The van der Waals surface area contributed by atoms with Crippen LogP contribution < -0.4 is 14.4 Å². The van der Waals surface area contributed by atoms with Crippen LogP contribution in [0.1, 0.15) is 39.3 Å². The minimum absolute atomic E-state index is 0.0444. The molecular formula is C23H30N2O3. The molecule has 1 fully saturated rings. The van der Waals surface area contributed by atoms with E-state index in [-0.39, 0.29) is 30.1 Å². The van der Waals surface area contributed by atoms with Crippen LogP contribution in [0.15, 0.2) is 48.5 Å². The first-order chi connectivity index (χ1) is 13.4. The molecule has 28 heavy (non-hydrogen) atoms. The number of para-hydroxylation sites is 1. The fourth-order valence-electron chi connectivity index (χ4n) is 4.05. The topological polar surface area (TPSA) is 41.8 Å². The third-order valence-electron chi connectivity index (χ3n) is 5.26. The summed E-state index contributed by atoms with van der Waals surface area (Å²) in [5, 5.41) is 0. The molecule has 5 nitrogen and oxygen atoms in total. The highest BCUT2D eigenvalue weighted by Gasteiger charge is 2.56. The van der Waals surface area contributed by atoms with Gasteiger partial charge in [0.1, 0.15) is 17.5 Å². The fraction of sp³-hybridized carbons (Fsp3) is 0.435. The lowest BCUT2D eigenvalue weighted by Crippen LogP contribution is -2.45. The first-order valence-electron chi connectivity index (χ1n) is 9.78. The van der Waals surface area contributed by atoms with Gasteiger partial charge < -0.3 is 19.3 Å². The molecule has 3 rings (SSSR count). The Bertz CT molecular complexity index is 809. The summed E-state index contributed by atoms with van der Waals surface area (Å²) in [6.07, 6.45) is 0. The number of carbonyl (C=O) groups is 1. The van der Waals surface area contributed by atoms with Crippen LogP contribution in [0.3, 0.4) is 0 Å². The zero-order chi connectivity index (χ0) is 20.4. The number of anilines is 1. The van der Waals surface area contributed by atoms with Gasteiger partial charge >= 0.3 is 0 Å². The predicted octanol–water partition coefficient (Wildman–Crippen LogP) is 4.28. The molecule has 0 aliphatic carbocycles. The number of methoxy groups -OCH3 is 2. The van der Waals surface area contributed by atoms with Crippen molar-refractivity contribution < 1.29 is 14.3 Å². The lowest BCUT2D eigenvalue weighted by Gasteiger charge is -2.31. The van der Waals surface area contributed by atoms with Crippen LogP contribution in [-0.2, 0) is 4.79 Å². The van der Waals surface area contributed by atoms with E-state index >= 15 is 0 Å². The highest BCUT2D eigenvalue weighted by atomic mass is 16.5. The number of hydrogen-bond acceptors (Lipinski definition) is 4. The van der Waals surface area contributed by atoms with E-state index in [9.17, 15) is 4.79 Å². The van der Waals surface area contributed by atoms with E-state index in [1.54, 1.807) is 14.2 Å². The minimum atomic E-state index is -0.241. The van der Waals surface area contributed by atoms with Crippen LogP contribution in [0.25, 0.3) is 0 Å². The Morgan fingerprint density at radius 1 is 0.929 bits per heavy atom. The Morgan fingerprint density at radius 3 is 2.07 bits per heavy atom. The standard InChI is InChI=1S/C23H30N2O3/c1-15(2)24(16(3)4)23(26)22-21(19-9-7-8-10-20(19)28-6)25(22)17-11-13-18(27-5)14-12-17/h7-16,21-22H,1-6H3/t21-,22+,25?/m0/s1. The van der Waals surface area contributed by atoms with Gasteiger partial charge in [-0.05, 0) is 58.0 Å². The molecule has 0 aromatic heterocycles. The van der Waals surface area contributed by atoms with Gasteiger partial charge in [-0.3, -0.25) is 4.79 Å².